The lowest BCUT2D eigenvalue weighted by Crippen LogP contribution is -2.44. The molecule has 28 heavy (non-hydrogen) atoms. The highest BCUT2D eigenvalue weighted by Crippen LogP contribution is 2.38. The lowest BCUT2D eigenvalue weighted by atomic mass is 10.1. The van der Waals surface area contributed by atoms with Crippen molar-refractivity contribution in [2.75, 3.05) is 18.6 Å². The molecule has 0 radical (unpaired) electrons. The number of anilines is 1. The van der Waals surface area contributed by atoms with Crippen LogP contribution >= 0.6 is 0 Å². The van der Waals surface area contributed by atoms with Crippen LogP contribution in [0.2, 0.25) is 0 Å². The van der Waals surface area contributed by atoms with E-state index in [-0.39, 0.29) is 17.8 Å². The monoisotopic (exact) mass is 409 g/mol. The van der Waals surface area contributed by atoms with E-state index in [0.717, 1.165) is 24.4 Å². The molecule has 154 valence electrons. The normalized spacial score (nSPS) is 17.8. The summed E-state index contributed by atoms with van der Waals surface area (Å²) in [6.07, 6.45) is -7.61. The van der Waals surface area contributed by atoms with E-state index in [1.165, 1.54) is 11.0 Å². The number of halogens is 6. The van der Waals surface area contributed by atoms with E-state index in [4.69, 9.17) is 0 Å². The fraction of sp³-hybridized carbons (Fsp3) is 0.375. The smallest absolute Gasteiger partial charge is 0.358 e. The van der Waals surface area contributed by atoms with E-state index < -0.39 is 29.6 Å². The van der Waals surface area contributed by atoms with Crippen molar-refractivity contribution in [2.24, 2.45) is 5.10 Å². The fourth-order valence-electron chi connectivity index (χ4n) is 2.46. The molecule has 0 bridgehead atoms. The molecule has 0 aliphatic carbocycles. The van der Waals surface area contributed by atoms with Gasteiger partial charge in [0.25, 0.3) is 0 Å². The predicted octanol–water partition coefficient (Wildman–Crippen LogP) is 2.83. The number of nitrogens with one attached hydrogen (secondary N) is 2. The molecular formula is C16H17F6N5O. The first-order chi connectivity index (χ1) is 13.0. The molecule has 1 aliphatic rings. The molecule has 1 aromatic carbocycles. The van der Waals surface area contributed by atoms with Crippen LogP contribution in [0.1, 0.15) is 18.1 Å². The number of hydrogen-bond acceptors (Lipinski definition) is 4. The van der Waals surface area contributed by atoms with Gasteiger partial charge in [0.1, 0.15) is 6.04 Å². The molecule has 1 aromatic rings. The molecule has 12 heteroatoms. The molecule has 1 atom stereocenters. The molecule has 6 nitrogen and oxygen atoms in total. The van der Waals surface area contributed by atoms with E-state index in [9.17, 15) is 31.1 Å². The minimum Gasteiger partial charge on any atom is -0.358 e. The molecule has 1 heterocycles. The quantitative estimate of drug-likeness (QED) is 0.258. The predicted molar refractivity (Wildman–Crippen MR) is 90.1 cm³/mol. The van der Waals surface area contributed by atoms with E-state index in [1.807, 2.05) is 10.9 Å². The van der Waals surface area contributed by atoms with Crippen LogP contribution in [0.5, 0.6) is 0 Å². The number of rotatable bonds is 5. The number of hydrazone groups is 1. The Labute approximate surface area is 156 Å². The molecule has 0 saturated carbocycles. The van der Waals surface area contributed by atoms with Gasteiger partial charge >= 0.3 is 12.4 Å². The van der Waals surface area contributed by atoms with Gasteiger partial charge in [-0.2, -0.15) is 31.4 Å². The van der Waals surface area contributed by atoms with Crippen LogP contribution in [0.25, 0.3) is 0 Å². The third-order valence-corrected chi connectivity index (χ3v) is 3.94. The lowest BCUT2D eigenvalue weighted by molar-refractivity contribution is -0.143. The van der Waals surface area contributed by atoms with Crippen molar-refractivity contribution in [3.63, 3.8) is 0 Å². The number of hydrazine groups is 1. The third-order valence-electron chi connectivity index (χ3n) is 3.94. The molecule has 0 saturated heterocycles. The third kappa shape index (κ3) is 4.74. The van der Waals surface area contributed by atoms with Crippen molar-refractivity contribution >= 4 is 17.9 Å². The zero-order valence-electron chi connectivity index (χ0n) is 14.8. The Morgan fingerprint density at radius 3 is 2.50 bits per heavy atom. The van der Waals surface area contributed by atoms with Gasteiger partial charge in [-0.3, -0.25) is 9.80 Å². The van der Waals surface area contributed by atoms with Gasteiger partial charge in [-0.05, 0) is 31.2 Å². The van der Waals surface area contributed by atoms with Gasteiger partial charge in [0.15, 0.2) is 5.84 Å². The Balaban J connectivity index is 2.48. The summed E-state index contributed by atoms with van der Waals surface area (Å²) < 4.78 is 79.1. The van der Waals surface area contributed by atoms with Crippen molar-refractivity contribution in [1.82, 2.24) is 15.8 Å². The first kappa shape index (κ1) is 21.5. The maximum atomic E-state index is 13.6. The van der Waals surface area contributed by atoms with Crippen LogP contribution in [0.15, 0.2) is 35.6 Å². The SMILES string of the molecule is CCN(C)/C(=N\NC=O)c1ccc(N2C=CC(C(F)(F)F)N2)c(C(F)(F)F)c1. The highest BCUT2D eigenvalue weighted by Gasteiger charge is 2.43. The summed E-state index contributed by atoms with van der Waals surface area (Å²) >= 11 is 0. The molecule has 1 unspecified atom stereocenters. The number of alkyl halides is 6. The van der Waals surface area contributed by atoms with Gasteiger partial charge in [-0.25, -0.2) is 10.9 Å². The van der Waals surface area contributed by atoms with Crippen LogP contribution in [0.3, 0.4) is 0 Å². The topological polar surface area (TPSA) is 60.0 Å². The highest BCUT2D eigenvalue weighted by atomic mass is 19.4. The Morgan fingerprint density at radius 2 is 2.00 bits per heavy atom. The molecule has 1 aliphatic heterocycles. The highest BCUT2D eigenvalue weighted by molar-refractivity contribution is 5.99. The second kappa shape index (κ2) is 8.09. The number of amides is 1. The van der Waals surface area contributed by atoms with Crippen molar-refractivity contribution in [1.29, 1.82) is 0 Å². The molecule has 2 N–H and O–H groups in total. The second-order valence-corrected chi connectivity index (χ2v) is 5.79. The minimum atomic E-state index is -4.84. The van der Waals surface area contributed by atoms with Crippen molar-refractivity contribution in [3.8, 4) is 0 Å². The summed E-state index contributed by atoms with van der Waals surface area (Å²) in [5.74, 6) is 0.0599. The summed E-state index contributed by atoms with van der Waals surface area (Å²) in [6, 6.07) is 0.990. The summed E-state index contributed by atoms with van der Waals surface area (Å²) in [5.41, 5.74) is 2.39. The average molecular weight is 409 g/mol. The maximum absolute atomic E-state index is 13.6. The Morgan fingerprint density at radius 1 is 1.32 bits per heavy atom. The second-order valence-electron chi connectivity index (χ2n) is 5.79. The van der Waals surface area contributed by atoms with Gasteiger partial charge < -0.3 is 4.90 Å². The summed E-state index contributed by atoms with van der Waals surface area (Å²) in [5, 5.41) is 4.42. The van der Waals surface area contributed by atoms with Crippen LogP contribution in [0.4, 0.5) is 32.0 Å². The zero-order valence-corrected chi connectivity index (χ0v) is 14.8. The molecule has 2 rings (SSSR count). The van der Waals surface area contributed by atoms with Crippen molar-refractivity contribution < 1.29 is 31.1 Å². The number of amidine groups is 1. The largest absolute Gasteiger partial charge is 0.418 e. The van der Waals surface area contributed by atoms with Crippen molar-refractivity contribution in [2.45, 2.75) is 25.3 Å². The Bertz CT molecular complexity index is 774. The van der Waals surface area contributed by atoms with Gasteiger partial charge in [0.05, 0.1) is 11.3 Å². The molecule has 0 spiro atoms. The summed E-state index contributed by atoms with van der Waals surface area (Å²) in [7, 11) is 1.56. The number of carbonyl (C=O) groups excluding carboxylic acids is 1. The van der Waals surface area contributed by atoms with E-state index >= 15 is 0 Å². The average Bonchev–Trinajstić information content (AvgIpc) is 3.11. The molecule has 0 aromatic heterocycles. The Kier molecular flexibility index (Phi) is 6.22. The van der Waals surface area contributed by atoms with Gasteiger partial charge in [0, 0.05) is 25.4 Å². The van der Waals surface area contributed by atoms with E-state index in [2.05, 4.69) is 5.10 Å². The number of nitrogens with zero attached hydrogens (tertiary/aromatic N) is 3. The molecular weight excluding hydrogens is 392 g/mol. The number of carbonyl (C=O) groups is 1. The van der Waals surface area contributed by atoms with Gasteiger partial charge in [-0.1, -0.05) is 0 Å². The summed E-state index contributed by atoms with van der Waals surface area (Å²) in [6.45, 7) is 2.11. The van der Waals surface area contributed by atoms with E-state index in [0.29, 0.717) is 11.6 Å². The maximum Gasteiger partial charge on any atom is 0.418 e. The molecule has 0 fully saturated rings. The number of benzene rings is 1. The first-order valence-electron chi connectivity index (χ1n) is 7.99. The van der Waals surface area contributed by atoms with Gasteiger partial charge in [-0.15, -0.1) is 0 Å². The number of hydrogen-bond donors (Lipinski definition) is 2. The van der Waals surface area contributed by atoms with Gasteiger partial charge in [0.2, 0.25) is 6.41 Å². The van der Waals surface area contributed by atoms with Crippen LogP contribution in [-0.2, 0) is 11.0 Å². The Hall–Kier alpha value is -2.76. The van der Waals surface area contributed by atoms with Crippen molar-refractivity contribution in [3.05, 3.63) is 41.6 Å². The van der Waals surface area contributed by atoms with Crippen LogP contribution in [0, 0.1) is 0 Å². The fourth-order valence-corrected chi connectivity index (χ4v) is 2.46. The first-order valence-corrected chi connectivity index (χ1v) is 7.99. The van der Waals surface area contributed by atoms with Crippen LogP contribution < -0.4 is 15.9 Å². The summed E-state index contributed by atoms with van der Waals surface area (Å²) in [4.78, 5) is 12.0. The zero-order chi connectivity index (χ0) is 21.1. The lowest BCUT2D eigenvalue weighted by Gasteiger charge is -2.26. The van der Waals surface area contributed by atoms with E-state index in [1.54, 1.807) is 14.0 Å². The van der Waals surface area contributed by atoms with Crippen LogP contribution in [-0.4, -0.2) is 43.0 Å². The standard InChI is InChI=1S/C16H17F6N5O/c1-3-26(2)14(24-23-9-28)10-4-5-12(11(8-10)15(17,18)19)27-7-6-13(25-27)16(20,21)22/h4-9,13,25H,3H2,1-2H3,(H,23,28)/b24-14-. The minimum absolute atomic E-state index is 0.0327. The molecule has 1 amide bonds.